The van der Waals surface area contributed by atoms with Crippen LogP contribution in [-0.4, -0.2) is 0 Å². The summed E-state index contributed by atoms with van der Waals surface area (Å²) in [6.07, 6.45) is 14.4. The molecule has 0 N–H and O–H groups in total. The molecule has 0 radical (unpaired) electrons. The van der Waals surface area contributed by atoms with Gasteiger partial charge in [0.05, 0.1) is 0 Å². The summed E-state index contributed by atoms with van der Waals surface area (Å²) < 4.78 is 40.0. The Morgan fingerprint density at radius 1 is 0.926 bits per heavy atom. The first-order valence-corrected chi connectivity index (χ1v) is 10.4. The van der Waals surface area contributed by atoms with Gasteiger partial charge in [0.2, 0.25) is 0 Å². The van der Waals surface area contributed by atoms with Gasteiger partial charge in [0.15, 0.2) is 17.5 Å². The fraction of sp³-hybridized carbons (Fsp3) is 0.583. The number of rotatable bonds is 3. The van der Waals surface area contributed by atoms with Crippen LogP contribution in [0.15, 0.2) is 24.3 Å². The SMILES string of the molecule is CCC1CCC(C=CC#CC2CCC(c3cc(F)c(F)c(F)c3)CC2)CC1. The lowest BCUT2D eigenvalue weighted by Crippen LogP contribution is -2.13. The monoisotopic (exact) mass is 374 g/mol. The minimum Gasteiger partial charge on any atom is -0.204 e. The lowest BCUT2D eigenvalue weighted by molar-refractivity contribution is 0.304. The highest BCUT2D eigenvalue weighted by atomic mass is 19.2. The highest BCUT2D eigenvalue weighted by Crippen LogP contribution is 2.36. The van der Waals surface area contributed by atoms with Crippen molar-refractivity contribution in [3.05, 3.63) is 47.3 Å². The van der Waals surface area contributed by atoms with Gasteiger partial charge in [-0.25, -0.2) is 13.2 Å². The molecular formula is C24H29F3. The van der Waals surface area contributed by atoms with E-state index in [1.54, 1.807) is 0 Å². The van der Waals surface area contributed by atoms with E-state index in [2.05, 4.69) is 24.8 Å². The molecule has 1 aromatic rings. The van der Waals surface area contributed by atoms with Gasteiger partial charge in [0.25, 0.3) is 0 Å². The number of allylic oxidation sites excluding steroid dienone is 2. The fourth-order valence-electron chi connectivity index (χ4n) is 4.52. The maximum atomic E-state index is 13.4. The van der Waals surface area contributed by atoms with E-state index in [0.29, 0.717) is 17.4 Å². The molecule has 2 aliphatic carbocycles. The zero-order chi connectivity index (χ0) is 19.2. The summed E-state index contributed by atoms with van der Waals surface area (Å²) in [4.78, 5) is 0. The van der Waals surface area contributed by atoms with Crippen molar-refractivity contribution in [1.82, 2.24) is 0 Å². The first-order chi connectivity index (χ1) is 13.1. The average molecular weight is 374 g/mol. The van der Waals surface area contributed by atoms with E-state index in [1.165, 1.54) is 32.1 Å². The molecule has 0 unspecified atom stereocenters. The Labute approximate surface area is 161 Å². The predicted molar refractivity (Wildman–Crippen MR) is 104 cm³/mol. The van der Waals surface area contributed by atoms with Crippen molar-refractivity contribution in [2.45, 2.75) is 70.6 Å². The van der Waals surface area contributed by atoms with Crippen molar-refractivity contribution in [2.75, 3.05) is 0 Å². The maximum Gasteiger partial charge on any atom is 0.194 e. The van der Waals surface area contributed by atoms with Crippen LogP contribution in [-0.2, 0) is 0 Å². The Kier molecular flexibility index (Phi) is 7.05. The highest BCUT2D eigenvalue weighted by Gasteiger charge is 2.23. The van der Waals surface area contributed by atoms with Crippen LogP contribution in [0.3, 0.4) is 0 Å². The maximum absolute atomic E-state index is 13.4. The summed E-state index contributed by atoms with van der Waals surface area (Å²) in [7, 11) is 0. The van der Waals surface area contributed by atoms with Crippen LogP contribution in [0.5, 0.6) is 0 Å². The zero-order valence-electron chi connectivity index (χ0n) is 16.1. The quantitative estimate of drug-likeness (QED) is 0.389. The number of hydrogen-bond donors (Lipinski definition) is 0. The molecule has 27 heavy (non-hydrogen) atoms. The van der Waals surface area contributed by atoms with Crippen molar-refractivity contribution in [3.63, 3.8) is 0 Å². The summed E-state index contributed by atoms with van der Waals surface area (Å²) in [5.41, 5.74) is 0.570. The van der Waals surface area contributed by atoms with Gasteiger partial charge in [-0.1, -0.05) is 31.3 Å². The first kappa shape index (κ1) is 20.1. The van der Waals surface area contributed by atoms with E-state index in [4.69, 9.17) is 0 Å². The van der Waals surface area contributed by atoms with Gasteiger partial charge < -0.3 is 0 Å². The molecule has 0 atom stereocenters. The molecule has 2 saturated carbocycles. The van der Waals surface area contributed by atoms with Crippen molar-refractivity contribution < 1.29 is 13.2 Å². The molecule has 0 saturated heterocycles. The lowest BCUT2D eigenvalue weighted by atomic mass is 9.79. The molecule has 0 aromatic heterocycles. The third-order valence-electron chi connectivity index (χ3n) is 6.41. The van der Waals surface area contributed by atoms with Gasteiger partial charge in [-0.3, -0.25) is 0 Å². The molecular weight excluding hydrogens is 345 g/mol. The largest absolute Gasteiger partial charge is 0.204 e. The molecule has 146 valence electrons. The summed E-state index contributed by atoms with van der Waals surface area (Å²) in [6.45, 7) is 2.28. The smallest absolute Gasteiger partial charge is 0.194 e. The van der Waals surface area contributed by atoms with Gasteiger partial charge in [-0.15, -0.1) is 0 Å². The van der Waals surface area contributed by atoms with Crippen LogP contribution in [0.2, 0.25) is 0 Å². The minimum absolute atomic E-state index is 0.0944. The van der Waals surface area contributed by atoms with Crippen molar-refractivity contribution in [3.8, 4) is 11.8 Å². The number of hydrogen-bond acceptors (Lipinski definition) is 0. The second-order valence-electron chi connectivity index (χ2n) is 8.18. The third-order valence-corrected chi connectivity index (χ3v) is 6.41. The molecule has 0 amide bonds. The van der Waals surface area contributed by atoms with Gasteiger partial charge in [0, 0.05) is 5.92 Å². The van der Waals surface area contributed by atoms with Crippen LogP contribution in [0, 0.1) is 47.0 Å². The zero-order valence-corrected chi connectivity index (χ0v) is 16.1. The average Bonchev–Trinajstić information content (AvgIpc) is 2.70. The van der Waals surface area contributed by atoms with Gasteiger partial charge >= 0.3 is 0 Å². The van der Waals surface area contributed by atoms with Gasteiger partial charge in [-0.2, -0.15) is 0 Å². The summed E-state index contributed by atoms with van der Waals surface area (Å²) in [5.74, 6) is 5.02. The van der Waals surface area contributed by atoms with Gasteiger partial charge in [0.1, 0.15) is 0 Å². The van der Waals surface area contributed by atoms with Crippen LogP contribution >= 0.6 is 0 Å². The lowest BCUT2D eigenvalue weighted by Gasteiger charge is -2.26. The van der Waals surface area contributed by atoms with Crippen molar-refractivity contribution in [1.29, 1.82) is 0 Å². The van der Waals surface area contributed by atoms with Crippen molar-refractivity contribution in [2.24, 2.45) is 17.8 Å². The van der Waals surface area contributed by atoms with E-state index in [9.17, 15) is 13.2 Å². The number of halogens is 3. The normalized spacial score (nSPS) is 28.7. The third kappa shape index (κ3) is 5.41. The Hall–Kier alpha value is -1.69. The second kappa shape index (κ2) is 9.49. The summed E-state index contributed by atoms with van der Waals surface area (Å²) in [5, 5.41) is 0. The Morgan fingerprint density at radius 2 is 1.56 bits per heavy atom. The molecule has 2 aliphatic rings. The minimum atomic E-state index is -1.38. The highest BCUT2D eigenvalue weighted by molar-refractivity contribution is 5.25. The topological polar surface area (TPSA) is 0 Å². The molecule has 2 fully saturated rings. The Bertz CT molecular complexity index is 686. The molecule has 0 bridgehead atoms. The van der Waals surface area contributed by atoms with Crippen LogP contribution in [0.1, 0.15) is 76.2 Å². The van der Waals surface area contributed by atoms with Crippen LogP contribution in [0.4, 0.5) is 13.2 Å². The Balaban J connectivity index is 1.46. The van der Waals surface area contributed by atoms with E-state index >= 15 is 0 Å². The molecule has 0 aliphatic heterocycles. The molecule has 0 heterocycles. The molecule has 3 heteroatoms. The molecule has 0 spiro atoms. The van der Waals surface area contributed by atoms with E-state index in [-0.39, 0.29) is 5.92 Å². The van der Waals surface area contributed by atoms with E-state index in [1.807, 2.05) is 6.08 Å². The summed E-state index contributed by atoms with van der Waals surface area (Å²) in [6, 6.07) is 2.29. The number of benzene rings is 1. The fourth-order valence-corrected chi connectivity index (χ4v) is 4.52. The second-order valence-corrected chi connectivity index (χ2v) is 8.18. The molecule has 0 nitrogen and oxygen atoms in total. The molecule has 1 aromatic carbocycles. The van der Waals surface area contributed by atoms with Gasteiger partial charge in [-0.05, 0) is 92.9 Å². The van der Waals surface area contributed by atoms with Crippen LogP contribution in [0.25, 0.3) is 0 Å². The van der Waals surface area contributed by atoms with Crippen LogP contribution < -0.4 is 0 Å². The standard InChI is InChI=1S/C24H29F3/c1-2-17-7-9-18(10-8-17)5-3-4-6-19-11-13-20(14-12-19)21-15-22(25)24(27)23(26)16-21/h3,5,15-20H,2,7-14H2,1H3. The molecule has 3 rings (SSSR count). The Morgan fingerprint density at radius 3 is 2.15 bits per heavy atom. The first-order valence-electron chi connectivity index (χ1n) is 10.4. The predicted octanol–water partition coefficient (Wildman–Crippen LogP) is 7.15. The van der Waals surface area contributed by atoms with E-state index in [0.717, 1.165) is 43.7 Å². The summed E-state index contributed by atoms with van der Waals surface area (Å²) >= 11 is 0. The van der Waals surface area contributed by atoms with Crippen molar-refractivity contribution >= 4 is 0 Å². The van der Waals surface area contributed by atoms with E-state index < -0.39 is 17.5 Å².